The van der Waals surface area contributed by atoms with Crippen molar-refractivity contribution in [1.82, 2.24) is 0 Å². The lowest BCUT2D eigenvalue weighted by atomic mass is 10.2. The molecule has 16 heavy (non-hydrogen) atoms. The lowest BCUT2D eigenvalue weighted by Crippen LogP contribution is -2.13. The van der Waals surface area contributed by atoms with Crippen molar-refractivity contribution in [2.45, 2.75) is 12.5 Å². The summed E-state index contributed by atoms with van der Waals surface area (Å²) in [5.41, 5.74) is 0.305. The number of hydrogen-bond donors (Lipinski definition) is 4. The molecule has 0 saturated heterocycles. The molecule has 0 radical (unpaired) electrons. The van der Waals surface area contributed by atoms with Crippen molar-refractivity contribution < 1.29 is 25.2 Å². The Morgan fingerprint density at radius 2 is 2.06 bits per heavy atom. The molecule has 0 amide bonds. The van der Waals surface area contributed by atoms with E-state index in [1.807, 2.05) is 0 Å². The zero-order valence-corrected chi connectivity index (χ0v) is 8.24. The summed E-state index contributed by atoms with van der Waals surface area (Å²) in [6.45, 7) is 0. The number of carboxylic acids is 1. The molecular formula is C10H11NO5. The average molecular weight is 225 g/mol. The number of phenols is 2. The number of nitrogens with zero attached hydrogens (tertiary/aromatic N) is 1. The fraction of sp³-hybridized carbons (Fsp3) is 0.200. The van der Waals surface area contributed by atoms with E-state index in [0.29, 0.717) is 5.69 Å². The zero-order chi connectivity index (χ0) is 12.1. The van der Waals surface area contributed by atoms with Crippen molar-refractivity contribution in [2.24, 2.45) is 4.99 Å². The molecular weight excluding hydrogens is 214 g/mol. The van der Waals surface area contributed by atoms with Gasteiger partial charge in [-0.15, -0.1) is 0 Å². The van der Waals surface area contributed by atoms with E-state index in [1.165, 1.54) is 18.2 Å². The van der Waals surface area contributed by atoms with Crippen molar-refractivity contribution in [3.05, 3.63) is 18.2 Å². The molecule has 1 aromatic rings. The summed E-state index contributed by atoms with van der Waals surface area (Å²) in [4.78, 5) is 14.0. The first kappa shape index (κ1) is 12.0. The van der Waals surface area contributed by atoms with Gasteiger partial charge in [0.15, 0.2) is 11.5 Å². The summed E-state index contributed by atoms with van der Waals surface area (Å²) in [5.74, 6) is -1.74. The predicted octanol–water partition coefficient (Wildman–Crippen LogP) is 0.636. The van der Waals surface area contributed by atoms with Crippen LogP contribution in [-0.2, 0) is 4.79 Å². The number of aliphatic carboxylic acids is 1. The summed E-state index contributed by atoms with van der Waals surface area (Å²) in [6.07, 6.45) is -0.568. The SMILES string of the molecule is O=C(O)CC(O)C=Nc1ccc(O)c(O)c1. The Bertz CT molecular complexity index is 416. The Hall–Kier alpha value is -2.08. The van der Waals surface area contributed by atoms with Gasteiger partial charge in [0.05, 0.1) is 18.2 Å². The van der Waals surface area contributed by atoms with Crippen LogP contribution in [0.4, 0.5) is 5.69 Å². The highest BCUT2D eigenvalue weighted by atomic mass is 16.4. The molecule has 86 valence electrons. The van der Waals surface area contributed by atoms with Gasteiger partial charge in [0.2, 0.25) is 0 Å². The minimum absolute atomic E-state index is 0.273. The first-order valence-electron chi connectivity index (χ1n) is 4.45. The Balaban J connectivity index is 2.69. The number of aliphatic imine (C=N–C) groups is 1. The van der Waals surface area contributed by atoms with Crippen molar-refractivity contribution in [2.75, 3.05) is 0 Å². The molecule has 6 nitrogen and oxygen atoms in total. The monoisotopic (exact) mass is 225 g/mol. The highest BCUT2D eigenvalue weighted by Crippen LogP contribution is 2.28. The minimum atomic E-state index is -1.19. The number of phenolic OH excluding ortho intramolecular Hbond substituents is 2. The molecule has 1 atom stereocenters. The Kier molecular flexibility index (Phi) is 3.84. The fourth-order valence-electron chi connectivity index (χ4n) is 0.996. The summed E-state index contributed by atoms with van der Waals surface area (Å²) >= 11 is 0. The quantitative estimate of drug-likeness (QED) is 0.444. The Morgan fingerprint density at radius 3 is 2.62 bits per heavy atom. The van der Waals surface area contributed by atoms with Crippen molar-refractivity contribution in [3.63, 3.8) is 0 Å². The Morgan fingerprint density at radius 1 is 1.38 bits per heavy atom. The number of carbonyl (C=O) groups is 1. The van der Waals surface area contributed by atoms with E-state index < -0.39 is 18.5 Å². The molecule has 0 spiro atoms. The van der Waals surface area contributed by atoms with Crippen molar-refractivity contribution in [1.29, 1.82) is 0 Å². The van der Waals surface area contributed by atoms with Crippen LogP contribution < -0.4 is 0 Å². The molecule has 0 aromatic heterocycles. The van der Waals surface area contributed by atoms with E-state index in [1.54, 1.807) is 0 Å². The second kappa shape index (κ2) is 5.13. The van der Waals surface area contributed by atoms with Gasteiger partial charge in [-0.25, -0.2) is 0 Å². The van der Waals surface area contributed by atoms with Gasteiger partial charge in [-0.05, 0) is 12.1 Å². The maximum absolute atomic E-state index is 10.2. The number of rotatable bonds is 4. The molecule has 1 rings (SSSR count). The summed E-state index contributed by atoms with van der Waals surface area (Å²) in [7, 11) is 0. The highest BCUT2D eigenvalue weighted by Gasteiger charge is 2.06. The van der Waals surface area contributed by atoms with Gasteiger partial charge >= 0.3 is 5.97 Å². The van der Waals surface area contributed by atoms with Gasteiger partial charge in [0.25, 0.3) is 0 Å². The second-order valence-electron chi connectivity index (χ2n) is 3.12. The van der Waals surface area contributed by atoms with Gasteiger partial charge < -0.3 is 20.4 Å². The molecule has 1 aromatic carbocycles. The second-order valence-corrected chi connectivity index (χ2v) is 3.12. The van der Waals surface area contributed by atoms with Crippen LogP contribution in [0.15, 0.2) is 23.2 Å². The molecule has 0 aliphatic carbocycles. The van der Waals surface area contributed by atoms with E-state index in [9.17, 15) is 4.79 Å². The molecule has 0 aliphatic rings. The van der Waals surface area contributed by atoms with E-state index in [0.717, 1.165) is 6.21 Å². The molecule has 0 bridgehead atoms. The number of aliphatic hydroxyl groups is 1. The first-order valence-corrected chi connectivity index (χ1v) is 4.45. The van der Waals surface area contributed by atoms with Crippen LogP contribution in [-0.4, -0.2) is 38.7 Å². The smallest absolute Gasteiger partial charge is 0.306 e. The van der Waals surface area contributed by atoms with E-state index in [-0.39, 0.29) is 11.5 Å². The van der Waals surface area contributed by atoms with Crippen LogP contribution in [0.3, 0.4) is 0 Å². The van der Waals surface area contributed by atoms with Gasteiger partial charge in [-0.2, -0.15) is 0 Å². The van der Waals surface area contributed by atoms with Gasteiger partial charge in [-0.1, -0.05) is 0 Å². The van der Waals surface area contributed by atoms with Crippen LogP contribution in [0.25, 0.3) is 0 Å². The van der Waals surface area contributed by atoms with E-state index >= 15 is 0 Å². The molecule has 0 aliphatic heterocycles. The first-order chi connectivity index (χ1) is 7.49. The standard InChI is InChI=1S/C10H11NO5/c12-7(4-10(15)16)5-11-6-1-2-8(13)9(14)3-6/h1-3,5,7,12-14H,4H2,(H,15,16). The normalized spacial score (nSPS) is 12.8. The summed E-state index contributed by atoms with van der Waals surface area (Å²) < 4.78 is 0. The number of aliphatic hydroxyl groups excluding tert-OH is 1. The van der Waals surface area contributed by atoms with Crippen LogP contribution in [0.1, 0.15) is 6.42 Å². The van der Waals surface area contributed by atoms with Gasteiger partial charge in [0, 0.05) is 12.3 Å². The Labute approximate surface area is 91.1 Å². The molecule has 0 fully saturated rings. The predicted molar refractivity (Wildman–Crippen MR) is 56.2 cm³/mol. The number of carboxylic acid groups (broad SMARTS) is 1. The summed E-state index contributed by atoms with van der Waals surface area (Å²) in [6, 6.07) is 3.85. The lowest BCUT2D eigenvalue weighted by molar-refractivity contribution is -0.138. The molecule has 0 saturated carbocycles. The van der Waals surface area contributed by atoms with E-state index in [2.05, 4.69) is 4.99 Å². The highest BCUT2D eigenvalue weighted by molar-refractivity contribution is 5.76. The maximum atomic E-state index is 10.2. The lowest BCUT2D eigenvalue weighted by Gasteiger charge is -2.01. The molecule has 6 heteroatoms. The number of hydrogen-bond acceptors (Lipinski definition) is 5. The van der Waals surface area contributed by atoms with Crippen LogP contribution in [0.5, 0.6) is 11.5 Å². The maximum Gasteiger partial charge on any atom is 0.306 e. The fourth-order valence-corrected chi connectivity index (χ4v) is 0.996. The van der Waals surface area contributed by atoms with Gasteiger partial charge in [0.1, 0.15) is 0 Å². The minimum Gasteiger partial charge on any atom is -0.504 e. The third-order valence-electron chi connectivity index (χ3n) is 1.74. The van der Waals surface area contributed by atoms with Crippen LogP contribution in [0.2, 0.25) is 0 Å². The van der Waals surface area contributed by atoms with Gasteiger partial charge in [-0.3, -0.25) is 9.79 Å². The number of benzene rings is 1. The molecule has 0 heterocycles. The van der Waals surface area contributed by atoms with E-state index in [4.69, 9.17) is 20.4 Å². The van der Waals surface area contributed by atoms with Crippen molar-refractivity contribution >= 4 is 17.9 Å². The topological polar surface area (TPSA) is 110 Å². The molecule has 4 N–H and O–H groups in total. The van der Waals surface area contributed by atoms with Crippen molar-refractivity contribution in [3.8, 4) is 11.5 Å². The average Bonchev–Trinajstić information content (AvgIpc) is 2.19. The summed E-state index contributed by atoms with van der Waals surface area (Å²) in [5, 5.41) is 35.7. The third-order valence-corrected chi connectivity index (χ3v) is 1.74. The largest absolute Gasteiger partial charge is 0.504 e. The van der Waals surface area contributed by atoms with Crippen LogP contribution in [0, 0.1) is 0 Å². The number of aromatic hydroxyl groups is 2. The van der Waals surface area contributed by atoms with Crippen LogP contribution >= 0.6 is 0 Å². The molecule has 1 unspecified atom stereocenters. The zero-order valence-electron chi connectivity index (χ0n) is 8.24. The third kappa shape index (κ3) is 3.58.